The van der Waals surface area contributed by atoms with Crippen LogP contribution in [-0.4, -0.2) is 35.0 Å². The van der Waals surface area contributed by atoms with E-state index in [4.69, 9.17) is 4.74 Å². The van der Waals surface area contributed by atoms with Gasteiger partial charge in [-0.3, -0.25) is 14.4 Å². The Kier molecular flexibility index (Phi) is 6.08. The van der Waals surface area contributed by atoms with Crippen molar-refractivity contribution in [1.82, 2.24) is 4.90 Å². The summed E-state index contributed by atoms with van der Waals surface area (Å²) in [6.07, 6.45) is 3.86. The van der Waals surface area contributed by atoms with E-state index in [9.17, 15) is 9.59 Å². The molecule has 0 unspecified atom stereocenters. The largest absolute Gasteiger partial charge is 0.493 e. The molecule has 42 heavy (non-hydrogen) atoms. The van der Waals surface area contributed by atoms with Crippen molar-refractivity contribution in [3.8, 4) is 5.75 Å². The lowest BCUT2D eigenvalue weighted by Crippen LogP contribution is -2.49. The summed E-state index contributed by atoms with van der Waals surface area (Å²) in [5.74, 6) is -1.39. The van der Waals surface area contributed by atoms with Crippen LogP contribution in [0.3, 0.4) is 0 Å². The van der Waals surface area contributed by atoms with Crippen molar-refractivity contribution in [3.05, 3.63) is 137 Å². The van der Waals surface area contributed by atoms with Crippen molar-refractivity contribution in [2.75, 3.05) is 11.9 Å². The average Bonchev–Trinajstić information content (AvgIpc) is 3.49. The van der Waals surface area contributed by atoms with Crippen molar-refractivity contribution >= 4 is 29.2 Å². The van der Waals surface area contributed by atoms with Crippen LogP contribution >= 0.6 is 0 Å². The van der Waals surface area contributed by atoms with Gasteiger partial charge >= 0.3 is 0 Å². The number of anilines is 1. The molecule has 1 fully saturated rings. The van der Waals surface area contributed by atoms with Crippen LogP contribution in [0.5, 0.6) is 5.75 Å². The standard InChI is InChI=1S/C36H30N2O4/c1-3-42-29-15-9-6-12-26(29)33(40)30-31(32(39)24-18-16-22(2)17-19-24)38-21-20-23-10-4-5-11-25(23)34(38)36(30)27-13-7-8-14-28(27)37-35(36)41/h4-21,30-31,34H,3H2,1-2H3,(H,37,41)/t30-,31+,34-,36-/m1/s1. The summed E-state index contributed by atoms with van der Waals surface area (Å²) in [4.78, 5) is 46.2. The third-order valence-corrected chi connectivity index (χ3v) is 8.91. The quantitative estimate of drug-likeness (QED) is 0.280. The van der Waals surface area contributed by atoms with Crippen LogP contribution in [0.4, 0.5) is 5.69 Å². The van der Waals surface area contributed by atoms with E-state index in [0.717, 1.165) is 22.3 Å². The number of rotatable bonds is 6. The van der Waals surface area contributed by atoms with Gasteiger partial charge in [0.05, 0.1) is 24.1 Å². The molecule has 3 aliphatic heterocycles. The lowest BCUT2D eigenvalue weighted by Gasteiger charge is -2.38. The zero-order chi connectivity index (χ0) is 29.0. The van der Waals surface area contributed by atoms with E-state index in [0.29, 0.717) is 29.2 Å². The first-order chi connectivity index (χ1) is 20.5. The second-order valence-corrected chi connectivity index (χ2v) is 11.1. The minimum Gasteiger partial charge on any atom is -0.493 e. The average molecular weight is 555 g/mol. The van der Waals surface area contributed by atoms with Crippen molar-refractivity contribution < 1.29 is 19.1 Å². The van der Waals surface area contributed by atoms with Crippen molar-refractivity contribution in [1.29, 1.82) is 0 Å². The Morgan fingerprint density at radius 2 is 1.60 bits per heavy atom. The van der Waals surface area contributed by atoms with Crippen LogP contribution in [0.25, 0.3) is 6.08 Å². The van der Waals surface area contributed by atoms with Gasteiger partial charge in [-0.2, -0.15) is 0 Å². The molecule has 1 amide bonds. The molecule has 4 aromatic rings. The molecule has 1 saturated heterocycles. The summed E-state index contributed by atoms with van der Waals surface area (Å²) >= 11 is 0. The van der Waals surface area contributed by atoms with E-state index < -0.39 is 23.4 Å². The van der Waals surface area contributed by atoms with Gasteiger partial charge in [-0.25, -0.2) is 0 Å². The maximum Gasteiger partial charge on any atom is 0.238 e. The molecule has 1 spiro atoms. The second-order valence-electron chi connectivity index (χ2n) is 11.1. The SMILES string of the molecule is CCOc1ccccc1C(=O)[C@H]1[C@@H](C(=O)c2ccc(C)cc2)N2C=Cc3ccccc3[C@@H]2[C@]12C(=O)Nc1ccccc12. The molecule has 0 saturated carbocycles. The van der Waals surface area contributed by atoms with Crippen LogP contribution in [-0.2, 0) is 10.2 Å². The molecule has 3 heterocycles. The van der Waals surface area contributed by atoms with Gasteiger partial charge in [-0.15, -0.1) is 0 Å². The molecule has 6 nitrogen and oxygen atoms in total. The van der Waals surface area contributed by atoms with Crippen molar-refractivity contribution in [2.45, 2.75) is 31.3 Å². The first kappa shape index (κ1) is 26.0. The number of amides is 1. The van der Waals surface area contributed by atoms with Gasteiger partial charge in [0.2, 0.25) is 5.91 Å². The highest BCUT2D eigenvalue weighted by Gasteiger charge is 2.70. The molecular weight excluding hydrogens is 524 g/mol. The Morgan fingerprint density at radius 1 is 0.881 bits per heavy atom. The molecular formula is C36H30N2O4. The monoisotopic (exact) mass is 554 g/mol. The summed E-state index contributed by atoms with van der Waals surface area (Å²) in [7, 11) is 0. The van der Waals surface area contributed by atoms with Crippen LogP contribution in [0.15, 0.2) is 103 Å². The van der Waals surface area contributed by atoms with Gasteiger partial charge in [-0.1, -0.05) is 84.4 Å². The van der Waals surface area contributed by atoms with Crippen LogP contribution in [0, 0.1) is 12.8 Å². The number of carbonyl (C=O) groups is 3. The van der Waals surface area contributed by atoms with Crippen LogP contribution in [0.1, 0.15) is 55.9 Å². The van der Waals surface area contributed by atoms with Crippen LogP contribution in [0.2, 0.25) is 0 Å². The number of fused-ring (bicyclic) bond motifs is 6. The fourth-order valence-electron chi connectivity index (χ4n) is 7.18. The number of benzene rings is 4. The first-order valence-corrected chi connectivity index (χ1v) is 14.3. The number of hydrogen-bond acceptors (Lipinski definition) is 5. The highest BCUT2D eigenvalue weighted by atomic mass is 16.5. The van der Waals surface area contributed by atoms with E-state index >= 15 is 4.79 Å². The Hall–Kier alpha value is -4.97. The molecule has 6 heteroatoms. The van der Waals surface area contributed by atoms with E-state index in [2.05, 4.69) is 5.32 Å². The first-order valence-electron chi connectivity index (χ1n) is 14.3. The van der Waals surface area contributed by atoms with Crippen LogP contribution < -0.4 is 10.1 Å². The molecule has 0 aliphatic carbocycles. The fraction of sp³-hybridized carbons (Fsp3) is 0.194. The Balaban J connectivity index is 1.54. The lowest BCUT2D eigenvalue weighted by molar-refractivity contribution is -0.122. The van der Waals surface area contributed by atoms with E-state index in [1.165, 1.54) is 0 Å². The molecule has 0 bridgehead atoms. The fourth-order valence-corrected chi connectivity index (χ4v) is 7.18. The number of ketones is 2. The summed E-state index contributed by atoms with van der Waals surface area (Å²) in [6, 6.07) is 28.4. The summed E-state index contributed by atoms with van der Waals surface area (Å²) in [5.41, 5.74) is 3.76. The smallest absolute Gasteiger partial charge is 0.238 e. The van der Waals surface area contributed by atoms with Gasteiger partial charge < -0.3 is 15.0 Å². The minimum absolute atomic E-state index is 0.203. The Labute approximate surface area is 244 Å². The van der Waals surface area contributed by atoms with Gasteiger partial charge in [0.25, 0.3) is 0 Å². The van der Waals surface area contributed by atoms with Crippen molar-refractivity contribution in [3.63, 3.8) is 0 Å². The molecule has 3 aliphatic rings. The van der Waals surface area contributed by atoms with E-state index in [-0.39, 0.29) is 17.5 Å². The van der Waals surface area contributed by atoms with Crippen molar-refractivity contribution in [2.24, 2.45) is 5.92 Å². The van der Waals surface area contributed by atoms with Gasteiger partial charge in [0.15, 0.2) is 11.6 Å². The number of nitrogens with one attached hydrogen (secondary N) is 1. The number of aryl methyl sites for hydroxylation is 1. The Bertz CT molecular complexity index is 1780. The number of ether oxygens (including phenoxy) is 1. The molecule has 0 radical (unpaired) electrons. The predicted octanol–water partition coefficient (Wildman–Crippen LogP) is 6.38. The molecule has 0 aromatic heterocycles. The highest BCUT2D eigenvalue weighted by Crippen LogP contribution is 2.62. The van der Waals surface area contributed by atoms with E-state index in [1.807, 2.05) is 97.8 Å². The highest BCUT2D eigenvalue weighted by molar-refractivity contribution is 6.17. The maximum absolute atomic E-state index is 15.1. The molecule has 4 aromatic carbocycles. The summed E-state index contributed by atoms with van der Waals surface area (Å²) < 4.78 is 5.90. The van der Waals surface area contributed by atoms with Gasteiger partial charge in [0.1, 0.15) is 17.2 Å². The molecule has 7 rings (SSSR count). The molecule has 4 atom stereocenters. The topological polar surface area (TPSA) is 75.7 Å². The number of carbonyl (C=O) groups excluding carboxylic acids is 3. The summed E-state index contributed by atoms with van der Waals surface area (Å²) in [5, 5.41) is 3.09. The lowest BCUT2D eigenvalue weighted by atomic mass is 9.62. The zero-order valence-corrected chi connectivity index (χ0v) is 23.4. The number of Topliss-reactive ketones (excluding diaryl/α,β-unsaturated/α-hetero) is 2. The van der Waals surface area contributed by atoms with E-state index in [1.54, 1.807) is 30.3 Å². The second kappa shape index (κ2) is 9.84. The number of para-hydroxylation sites is 2. The normalized spacial score (nSPS) is 23.2. The predicted molar refractivity (Wildman–Crippen MR) is 162 cm³/mol. The summed E-state index contributed by atoms with van der Waals surface area (Å²) in [6.45, 7) is 4.21. The number of hydrogen-bond donors (Lipinski definition) is 1. The third-order valence-electron chi connectivity index (χ3n) is 8.91. The maximum atomic E-state index is 15.1. The number of nitrogens with zero attached hydrogens (tertiary/aromatic N) is 1. The third kappa shape index (κ3) is 3.61. The Morgan fingerprint density at radius 3 is 2.40 bits per heavy atom. The minimum atomic E-state index is -1.38. The molecule has 1 N–H and O–H groups in total. The van der Waals surface area contributed by atoms with Gasteiger partial charge in [-0.05, 0) is 54.8 Å². The molecule has 208 valence electrons. The van der Waals surface area contributed by atoms with Gasteiger partial charge in [0, 0.05) is 17.5 Å². The zero-order valence-electron chi connectivity index (χ0n) is 23.4.